The zero-order valence-electron chi connectivity index (χ0n) is 21.5. The highest BCUT2D eigenvalue weighted by atomic mass is 19.4. The second-order valence-corrected chi connectivity index (χ2v) is 10.4. The Kier molecular flexibility index (Phi) is 8.74. The number of nitrogens with one attached hydrogen (secondary N) is 2. The number of halogens is 3. The van der Waals surface area contributed by atoms with Crippen molar-refractivity contribution >= 4 is 23.4 Å². The first-order chi connectivity index (χ1) is 18.1. The Labute approximate surface area is 221 Å². The van der Waals surface area contributed by atoms with Crippen molar-refractivity contribution in [1.29, 1.82) is 0 Å². The molecule has 6 nitrogen and oxygen atoms in total. The maximum absolute atomic E-state index is 12.9. The number of carbonyl (C=O) groups is 3. The Balaban J connectivity index is 1.20. The number of rotatable bonds is 6. The Bertz CT molecular complexity index is 1120. The molecule has 2 aromatic rings. The normalized spacial score (nSPS) is 20.6. The van der Waals surface area contributed by atoms with E-state index < -0.39 is 18.0 Å². The molecule has 1 saturated carbocycles. The fourth-order valence-corrected chi connectivity index (χ4v) is 5.30. The third-order valence-electron chi connectivity index (χ3n) is 7.77. The minimum Gasteiger partial charge on any atom is -0.343 e. The predicted octanol–water partition coefficient (Wildman–Crippen LogP) is 5.44. The van der Waals surface area contributed by atoms with Gasteiger partial charge in [-0.15, -0.1) is 0 Å². The van der Waals surface area contributed by atoms with Crippen LogP contribution in [0.25, 0.3) is 0 Å². The van der Waals surface area contributed by atoms with Crippen LogP contribution < -0.4 is 10.6 Å². The molecule has 9 heteroatoms. The number of piperidine rings is 1. The number of anilines is 1. The van der Waals surface area contributed by atoms with E-state index in [0.29, 0.717) is 24.3 Å². The second-order valence-electron chi connectivity index (χ2n) is 10.4. The summed E-state index contributed by atoms with van der Waals surface area (Å²) >= 11 is 0. The maximum Gasteiger partial charge on any atom is 0.391 e. The Hall–Kier alpha value is -3.36. The van der Waals surface area contributed by atoms with Gasteiger partial charge in [0.15, 0.2) is 0 Å². The highest BCUT2D eigenvalue weighted by molar-refractivity contribution is 5.96. The van der Waals surface area contributed by atoms with Gasteiger partial charge >= 0.3 is 6.18 Å². The lowest BCUT2D eigenvalue weighted by atomic mass is 9.81. The van der Waals surface area contributed by atoms with Crippen molar-refractivity contribution < 1.29 is 27.6 Å². The molecule has 2 aliphatic rings. The quantitative estimate of drug-likeness (QED) is 0.523. The van der Waals surface area contributed by atoms with Gasteiger partial charge in [-0.2, -0.15) is 13.2 Å². The first kappa shape index (κ1) is 27.7. The molecule has 2 aromatic carbocycles. The van der Waals surface area contributed by atoms with Crippen LogP contribution in [0.2, 0.25) is 0 Å². The third kappa shape index (κ3) is 7.14. The zero-order chi connectivity index (χ0) is 27.3. The van der Waals surface area contributed by atoms with E-state index in [1.807, 2.05) is 43.3 Å². The predicted molar refractivity (Wildman–Crippen MR) is 139 cm³/mol. The molecule has 0 aromatic heterocycles. The van der Waals surface area contributed by atoms with Gasteiger partial charge in [-0.3, -0.25) is 14.4 Å². The summed E-state index contributed by atoms with van der Waals surface area (Å²) in [6.07, 6.45) is -2.08. The lowest BCUT2D eigenvalue weighted by Gasteiger charge is -2.32. The van der Waals surface area contributed by atoms with Crippen LogP contribution in [0.1, 0.15) is 65.9 Å². The van der Waals surface area contributed by atoms with Gasteiger partial charge < -0.3 is 15.5 Å². The van der Waals surface area contributed by atoms with Gasteiger partial charge in [-0.1, -0.05) is 29.8 Å². The average Bonchev–Trinajstić information content (AvgIpc) is 2.92. The molecule has 0 bridgehead atoms. The number of likely N-dealkylation sites (tertiary alicyclic amines) is 1. The van der Waals surface area contributed by atoms with Crippen LogP contribution in [0.4, 0.5) is 18.9 Å². The van der Waals surface area contributed by atoms with Crippen LogP contribution in [0, 0.1) is 18.8 Å². The SMILES string of the molecule is Cc1ccc(C(=O)NCC(=O)N2CCC(c3ccc(NC(=O)C4CCC(C(F)(F)F)CC4)cc3)CC2)cc1. The molecule has 38 heavy (non-hydrogen) atoms. The number of carbonyl (C=O) groups excluding carboxylic acids is 3. The van der Waals surface area contributed by atoms with E-state index in [1.54, 1.807) is 17.0 Å². The van der Waals surface area contributed by atoms with Crippen LogP contribution in [-0.2, 0) is 9.59 Å². The topological polar surface area (TPSA) is 78.5 Å². The third-order valence-corrected chi connectivity index (χ3v) is 7.77. The van der Waals surface area contributed by atoms with E-state index in [0.717, 1.165) is 24.0 Å². The molecule has 204 valence electrons. The van der Waals surface area contributed by atoms with Crippen molar-refractivity contribution in [2.75, 3.05) is 25.0 Å². The number of amides is 3. The minimum absolute atomic E-state index is 0.000835. The van der Waals surface area contributed by atoms with Crippen molar-refractivity contribution in [2.45, 2.75) is 57.5 Å². The standard InChI is InChI=1S/C29H34F3N3O3/c1-19-2-4-22(5-3-19)27(37)33-18-26(36)35-16-14-21(15-17-35)20-8-12-25(13-9-20)34-28(38)23-6-10-24(11-7-23)29(30,31)32/h2-5,8-9,12-13,21,23-24H,6-7,10-11,14-18H2,1H3,(H,33,37)(H,34,38). The summed E-state index contributed by atoms with van der Waals surface area (Å²) in [7, 11) is 0. The van der Waals surface area contributed by atoms with E-state index in [-0.39, 0.29) is 55.9 Å². The lowest BCUT2D eigenvalue weighted by molar-refractivity contribution is -0.184. The minimum atomic E-state index is -4.18. The molecule has 0 radical (unpaired) electrons. The summed E-state index contributed by atoms with van der Waals surface area (Å²) in [4.78, 5) is 39.2. The maximum atomic E-state index is 12.9. The monoisotopic (exact) mass is 529 g/mol. The highest BCUT2D eigenvalue weighted by Gasteiger charge is 2.42. The molecule has 1 aliphatic carbocycles. The number of hydrogen-bond donors (Lipinski definition) is 2. The Morgan fingerprint density at radius 3 is 2.05 bits per heavy atom. The summed E-state index contributed by atoms with van der Waals surface area (Å²) in [5.41, 5.74) is 3.34. The Morgan fingerprint density at radius 2 is 1.47 bits per heavy atom. The average molecular weight is 530 g/mol. The molecule has 1 aliphatic heterocycles. The van der Waals surface area contributed by atoms with Crippen molar-refractivity contribution in [1.82, 2.24) is 10.2 Å². The van der Waals surface area contributed by atoms with Gasteiger partial charge in [0, 0.05) is 30.3 Å². The van der Waals surface area contributed by atoms with Crippen LogP contribution in [0.5, 0.6) is 0 Å². The molecular weight excluding hydrogens is 495 g/mol. The van der Waals surface area contributed by atoms with Crippen LogP contribution in [0.15, 0.2) is 48.5 Å². The van der Waals surface area contributed by atoms with Gasteiger partial charge in [0.2, 0.25) is 11.8 Å². The number of aryl methyl sites for hydroxylation is 1. The van der Waals surface area contributed by atoms with Crippen molar-refractivity contribution in [2.24, 2.45) is 11.8 Å². The molecule has 2 fully saturated rings. The largest absolute Gasteiger partial charge is 0.391 e. The second kappa shape index (κ2) is 12.0. The smallest absolute Gasteiger partial charge is 0.343 e. The van der Waals surface area contributed by atoms with Gasteiger partial charge in [0.05, 0.1) is 12.5 Å². The molecule has 2 N–H and O–H groups in total. The Morgan fingerprint density at radius 1 is 0.868 bits per heavy atom. The van der Waals surface area contributed by atoms with E-state index in [4.69, 9.17) is 0 Å². The fraction of sp³-hybridized carbons (Fsp3) is 0.483. The fourth-order valence-electron chi connectivity index (χ4n) is 5.30. The molecule has 1 heterocycles. The molecular formula is C29H34F3N3O3. The number of benzene rings is 2. The summed E-state index contributed by atoms with van der Waals surface area (Å²) in [5, 5.41) is 5.55. The lowest BCUT2D eigenvalue weighted by Crippen LogP contribution is -2.43. The van der Waals surface area contributed by atoms with Crippen molar-refractivity contribution in [3.05, 3.63) is 65.2 Å². The van der Waals surface area contributed by atoms with Crippen LogP contribution >= 0.6 is 0 Å². The summed E-state index contributed by atoms with van der Waals surface area (Å²) in [5.74, 6) is -2.01. The molecule has 0 unspecified atom stereocenters. The number of nitrogens with zero attached hydrogens (tertiary/aromatic N) is 1. The van der Waals surface area contributed by atoms with E-state index in [1.165, 1.54) is 0 Å². The van der Waals surface area contributed by atoms with Crippen LogP contribution in [0.3, 0.4) is 0 Å². The first-order valence-electron chi connectivity index (χ1n) is 13.2. The molecule has 0 atom stereocenters. The van der Waals surface area contributed by atoms with E-state index in [2.05, 4.69) is 10.6 Å². The highest BCUT2D eigenvalue weighted by Crippen LogP contribution is 2.39. The van der Waals surface area contributed by atoms with E-state index >= 15 is 0 Å². The molecule has 4 rings (SSSR count). The number of alkyl halides is 3. The summed E-state index contributed by atoms with van der Waals surface area (Å²) in [6, 6.07) is 14.8. The summed E-state index contributed by atoms with van der Waals surface area (Å²) < 4.78 is 38.6. The van der Waals surface area contributed by atoms with Gasteiger partial charge in [0.1, 0.15) is 0 Å². The number of hydrogen-bond acceptors (Lipinski definition) is 3. The molecule has 1 saturated heterocycles. The van der Waals surface area contributed by atoms with E-state index in [9.17, 15) is 27.6 Å². The van der Waals surface area contributed by atoms with Gasteiger partial charge in [-0.05, 0) is 81.2 Å². The summed E-state index contributed by atoms with van der Waals surface area (Å²) in [6.45, 7) is 3.11. The zero-order valence-corrected chi connectivity index (χ0v) is 21.5. The van der Waals surface area contributed by atoms with Gasteiger partial charge in [0.25, 0.3) is 5.91 Å². The molecule has 3 amide bonds. The molecule has 0 spiro atoms. The van der Waals surface area contributed by atoms with Crippen molar-refractivity contribution in [3.63, 3.8) is 0 Å². The first-order valence-corrected chi connectivity index (χ1v) is 13.2. The van der Waals surface area contributed by atoms with Crippen LogP contribution in [-0.4, -0.2) is 48.4 Å². The van der Waals surface area contributed by atoms with Crippen molar-refractivity contribution in [3.8, 4) is 0 Å². The van der Waals surface area contributed by atoms with Gasteiger partial charge in [-0.25, -0.2) is 0 Å².